The first kappa shape index (κ1) is 33.4. The van der Waals surface area contributed by atoms with Crippen molar-refractivity contribution in [1.29, 1.82) is 5.41 Å². The molecule has 0 fully saturated rings. The lowest BCUT2D eigenvalue weighted by Gasteiger charge is -2.26. The molecule has 1 aliphatic heterocycles. The summed E-state index contributed by atoms with van der Waals surface area (Å²) >= 11 is 1.78. The standard InChI is InChI=1S/C51H34N4S/c52-48(47(36-19-8-3-9-20-36)49-39-22-11-10-21-38(39)31-43(53-49)33-15-4-1-5-16-33)37-29-27-35(28-30-37)45-32-44(34-17-6-2-7-18-34)54-51(55-45)42-25-14-24-41-40-23-12-13-26-46(40)56-50(41)42/h1-32,52-53H/b49-47-,52-48?. The largest absolute Gasteiger partial charge is 0.354 e. The van der Waals surface area contributed by atoms with Crippen LogP contribution in [0.15, 0.2) is 188 Å². The predicted molar refractivity (Wildman–Crippen MR) is 235 cm³/mol. The van der Waals surface area contributed by atoms with Gasteiger partial charge in [0.15, 0.2) is 5.82 Å². The van der Waals surface area contributed by atoms with Gasteiger partial charge in [-0.15, -0.1) is 11.3 Å². The second-order valence-electron chi connectivity index (χ2n) is 13.8. The maximum atomic E-state index is 9.82. The number of nitrogens with zero attached hydrogens (tertiary/aromatic N) is 2. The summed E-state index contributed by atoms with van der Waals surface area (Å²) in [6.07, 6.45) is 2.19. The van der Waals surface area contributed by atoms with Gasteiger partial charge in [-0.05, 0) is 41.0 Å². The Bertz CT molecular complexity index is 2980. The Kier molecular flexibility index (Phi) is 8.47. The fraction of sp³-hybridized carbons (Fsp3) is 0. The number of benzene rings is 7. The zero-order valence-electron chi connectivity index (χ0n) is 30.3. The van der Waals surface area contributed by atoms with Crippen molar-refractivity contribution in [2.45, 2.75) is 0 Å². The summed E-state index contributed by atoms with van der Waals surface area (Å²) in [5.74, 6) is 0.690. The molecular formula is C51H34N4S. The van der Waals surface area contributed by atoms with Crippen molar-refractivity contribution in [3.05, 3.63) is 216 Å². The molecule has 0 bridgehead atoms. The van der Waals surface area contributed by atoms with Gasteiger partial charge >= 0.3 is 0 Å². The normalized spacial score (nSPS) is 13.2. The molecule has 7 aromatic carbocycles. The van der Waals surface area contributed by atoms with E-state index in [0.717, 1.165) is 72.9 Å². The monoisotopic (exact) mass is 734 g/mol. The quantitative estimate of drug-likeness (QED) is 0.160. The highest BCUT2D eigenvalue weighted by Gasteiger charge is 2.24. The molecule has 4 nitrogen and oxygen atoms in total. The first-order chi connectivity index (χ1) is 27.7. The van der Waals surface area contributed by atoms with E-state index in [9.17, 15) is 5.41 Å². The van der Waals surface area contributed by atoms with Gasteiger partial charge in [0.1, 0.15) is 0 Å². The number of hydrogen-bond donors (Lipinski definition) is 2. The number of aromatic nitrogens is 2. The Morgan fingerprint density at radius 2 is 1.09 bits per heavy atom. The van der Waals surface area contributed by atoms with Crippen LogP contribution in [0.5, 0.6) is 0 Å². The van der Waals surface area contributed by atoms with E-state index >= 15 is 0 Å². The van der Waals surface area contributed by atoms with Crippen LogP contribution < -0.4 is 5.32 Å². The zero-order valence-corrected chi connectivity index (χ0v) is 31.1. The second-order valence-corrected chi connectivity index (χ2v) is 14.9. The van der Waals surface area contributed by atoms with Gasteiger partial charge in [0, 0.05) is 59.3 Å². The SMILES string of the molecule is N=C(/C(=C1\NC(c2ccccc2)=Cc2ccccc21)c1ccccc1)c1ccc(-c2cc(-c3ccccc3)nc(-c3cccc4c3sc3ccccc34)n2)cc1. The zero-order chi connectivity index (χ0) is 37.4. The van der Waals surface area contributed by atoms with Crippen molar-refractivity contribution in [3.8, 4) is 33.9 Å². The van der Waals surface area contributed by atoms with Crippen LogP contribution in [-0.4, -0.2) is 15.7 Å². The molecule has 1 aliphatic rings. The first-order valence-corrected chi connectivity index (χ1v) is 19.5. The Balaban J connectivity index is 1.08. The van der Waals surface area contributed by atoms with E-state index in [2.05, 4.69) is 145 Å². The molecule has 2 aromatic heterocycles. The fourth-order valence-electron chi connectivity index (χ4n) is 7.58. The first-order valence-electron chi connectivity index (χ1n) is 18.7. The summed E-state index contributed by atoms with van der Waals surface area (Å²) in [5.41, 5.74) is 12.9. The number of allylic oxidation sites excluding steroid dienone is 1. The number of thiophene rings is 1. The maximum Gasteiger partial charge on any atom is 0.161 e. The maximum absolute atomic E-state index is 9.82. The van der Waals surface area contributed by atoms with Gasteiger partial charge in [-0.3, -0.25) is 5.41 Å². The van der Waals surface area contributed by atoms with Crippen LogP contribution in [0.1, 0.15) is 27.8 Å². The van der Waals surface area contributed by atoms with Crippen LogP contribution in [0.2, 0.25) is 0 Å². The van der Waals surface area contributed by atoms with Gasteiger partial charge in [0.25, 0.3) is 0 Å². The van der Waals surface area contributed by atoms with Crippen molar-refractivity contribution < 1.29 is 0 Å². The molecule has 0 aliphatic carbocycles. The highest BCUT2D eigenvalue weighted by molar-refractivity contribution is 7.26. The van der Waals surface area contributed by atoms with Crippen molar-refractivity contribution in [2.24, 2.45) is 0 Å². The van der Waals surface area contributed by atoms with Gasteiger partial charge in [-0.2, -0.15) is 0 Å². The van der Waals surface area contributed by atoms with Crippen LogP contribution in [0.3, 0.4) is 0 Å². The van der Waals surface area contributed by atoms with Crippen molar-refractivity contribution in [3.63, 3.8) is 0 Å². The van der Waals surface area contributed by atoms with Gasteiger partial charge in [-0.25, -0.2) is 9.97 Å². The molecule has 264 valence electrons. The van der Waals surface area contributed by atoms with Crippen LogP contribution in [0.25, 0.3) is 77.1 Å². The third-order valence-electron chi connectivity index (χ3n) is 10.3. The lowest BCUT2D eigenvalue weighted by molar-refractivity contribution is 1.19. The van der Waals surface area contributed by atoms with Crippen LogP contribution in [0.4, 0.5) is 0 Å². The minimum absolute atomic E-state index is 0.430. The van der Waals surface area contributed by atoms with Crippen LogP contribution in [0, 0.1) is 5.41 Å². The Hall–Kier alpha value is -7.21. The molecule has 0 unspecified atom stereocenters. The molecule has 0 amide bonds. The van der Waals surface area contributed by atoms with Gasteiger partial charge in [-0.1, -0.05) is 170 Å². The lowest BCUT2D eigenvalue weighted by atomic mass is 9.88. The van der Waals surface area contributed by atoms with Gasteiger partial charge < -0.3 is 5.32 Å². The van der Waals surface area contributed by atoms with E-state index in [4.69, 9.17) is 9.97 Å². The molecule has 9 aromatic rings. The molecule has 0 radical (unpaired) electrons. The number of rotatable bonds is 7. The third-order valence-corrected chi connectivity index (χ3v) is 11.6. The Morgan fingerprint density at radius 1 is 0.500 bits per heavy atom. The highest BCUT2D eigenvalue weighted by Crippen LogP contribution is 2.40. The van der Waals surface area contributed by atoms with Gasteiger partial charge in [0.2, 0.25) is 0 Å². The smallest absolute Gasteiger partial charge is 0.161 e. The minimum atomic E-state index is 0.430. The molecule has 0 saturated carbocycles. The lowest BCUT2D eigenvalue weighted by Crippen LogP contribution is -2.20. The van der Waals surface area contributed by atoms with Crippen molar-refractivity contribution in [1.82, 2.24) is 15.3 Å². The fourth-order valence-corrected chi connectivity index (χ4v) is 8.79. The summed E-state index contributed by atoms with van der Waals surface area (Å²) in [7, 11) is 0. The van der Waals surface area contributed by atoms with E-state index in [1.165, 1.54) is 20.2 Å². The van der Waals surface area contributed by atoms with Crippen molar-refractivity contribution >= 4 is 60.3 Å². The molecule has 10 rings (SSSR count). The Labute approximate surface area is 329 Å². The summed E-state index contributed by atoms with van der Waals surface area (Å²) in [4.78, 5) is 10.4. The number of fused-ring (bicyclic) bond motifs is 4. The average molecular weight is 735 g/mol. The summed E-state index contributed by atoms with van der Waals surface area (Å²) in [6, 6.07) is 64.6. The van der Waals surface area contributed by atoms with E-state index in [1.54, 1.807) is 11.3 Å². The predicted octanol–water partition coefficient (Wildman–Crippen LogP) is 12.9. The molecule has 0 saturated heterocycles. The molecule has 0 spiro atoms. The molecular weight excluding hydrogens is 701 g/mol. The van der Waals surface area contributed by atoms with E-state index in [1.807, 2.05) is 54.6 Å². The Morgan fingerprint density at radius 3 is 1.84 bits per heavy atom. The minimum Gasteiger partial charge on any atom is -0.354 e. The second kappa shape index (κ2) is 14.2. The van der Waals surface area contributed by atoms with Crippen LogP contribution in [-0.2, 0) is 0 Å². The van der Waals surface area contributed by atoms with E-state index in [-0.39, 0.29) is 0 Å². The van der Waals surface area contributed by atoms with Crippen molar-refractivity contribution in [2.75, 3.05) is 0 Å². The average Bonchev–Trinajstić information content (AvgIpc) is 3.66. The topological polar surface area (TPSA) is 61.7 Å². The number of nitrogens with one attached hydrogen (secondary N) is 2. The molecule has 3 heterocycles. The summed E-state index contributed by atoms with van der Waals surface area (Å²) in [5, 5.41) is 16.0. The van der Waals surface area contributed by atoms with E-state index < -0.39 is 0 Å². The molecule has 0 atom stereocenters. The van der Waals surface area contributed by atoms with Crippen LogP contribution >= 0.6 is 11.3 Å². The summed E-state index contributed by atoms with van der Waals surface area (Å²) < 4.78 is 2.43. The molecule has 2 N–H and O–H groups in total. The third kappa shape index (κ3) is 6.10. The highest BCUT2D eigenvalue weighted by atomic mass is 32.1. The summed E-state index contributed by atoms with van der Waals surface area (Å²) in [6.45, 7) is 0. The molecule has 5 heteroatoms. The number of hydrogen-bond acceptors (Lipinski definition) is 5. The molecule has 56 heavy (non-hydrogen) atoms. The van der Waals surface area contributed by atoms with E-state index in [0.29, 0.717) is 11.5 Å². The van der Waals surface area contributed by atoms with Gasteiger partial charge in [0.05, 0.1) is 22.8 Å².